The first-order valence-electron chi connectivity index (χ1n) is 6.13. The van der Waals surface area contributed by atoms with Gasteiger partial charge in [0.1, 0.15) is 0 Å². The summed E-state index contributed by atoms with van der Waals surface area (Å²) < 4.78 is 0. The molecule has 1 heterocycles. The smallest absolute Gasteiger partial charge is 0.255 e. The minimum absolute atomic E-state index is 0.211. The molecule has 1 amide bonds. The van der Waals surface area contributed by atoms with Crippen LogP contribution in [0.5, 0.6) is 0 Å². The molecule has 0 radical (unpaired) electrons. The molecular formula is C14H10ClN5O. The highest BCUT2D eigenvalue weighted by molar-refractivity contribution is 6.31. The van der Waals surface area contributed by atoms with Gasteiger partial charge in [-0.1, -0.05) is 29.8 Å². The fourth-order valence-electron chi connectivity index (χ4n) is 1.87. The summed E-state index contributed by atoms with van der Waals surface area (Å²) in [4.78, 5) is 12.1. The van der Waals surface area contributed by atoms with Crippen LogP contribution in [0.1, 0.15) is 10.4 Å². The molecule has 6 nitrogen and oxygen atoms in total. The molecule has 3 rings (SSSR count). The minimum atomic E-state index is -0.211. The number of H-pyrrole nitrogens is 1. The van der Waals surface area contributed by atoms with Gasteiger partial charge >= 0.3 is 0 Å². The first kappa shape index (κ1) is 13.3. The molecule has 3 aromatic rings. The number of carbonyl (C=O) groups is 1. The molecule has 2 N–H and O–H groups in total. The van der Waals surface area contributed by atoms with Crippen LogP contribution in [-0.4, -0.2) is 26.5 Å². The summed E-state index contributed by atoms with van der Waals surface area (Å²) in [6, 6.07) is 14.0. The third-order valence-corrected chi connectivity index (χ3v) is 3.01. The van der Waals surface area contributed by atoms with Crippen LogP contribution in [0, 0.1) is 0 Å². The van der Waals surface area contributed by atoms with Crippen LogP contribution < -0.4 is 5.32 Å². The maximum absolute atomic E-state index is 12.1. The summed E-state index contributed by atoms with van der Waals surface area (Å²) in [6.45, 7) is 0. The van der Waals surface area contributed by atoms with E-state index in [-0.39, 0.29) is 5.91 Å². The lowest BCUT2D eigenvalue weighted by Crippen LogP contribution is -2.11. The molecule has 0 bridgehead atoms. The van der Waals surface area contributed by atoms with E-state index in [0.29, 0.717) is 27.7 Å². The van der Waals surface area contributed by atoms with Crippen LogP contribution >= 0.6 is 11.6 Å². The van der Waals surface area contributed by atoms with Gasteiger partial charge in [-0.25, -0.2) is 0 Å². The summed E-state index contributed by atoms with van der Waals surface area (Å²) in [6.07, 6.45) is 0. The van der Waals surface area contributed by atoms with E-state index >= 15 is 0 Å². The van der Waals surface area contributed by atoms with E-state index in [1.165, 1.54) is 0 Å². The average molecular weight is 300 g/mol. The Balaban J connectivity index is 1.88. The molecule has 1 aromatic heterocycles. The lowest BCUT2D eigenvalue weighted by atomic mass is 10.1. The molecule has 0 atom stereocenters. The molecule has 0 spiro atoms. The number of hydrogen-bond acceptors (Lipinski definition) is 4. The van der Waals surface area contributed by atoms with E-state index in [9.17, 15) is 4.79 Å². The molecule has 0 fully saturated rings. The van der Waals surface area contributed by atoms with Gasteiger partial charge < -0.3 is 5.32 Å². The van der Waals surface area contributed by atoms with Crippen molar-refractivity contribution in [1.82, 2.24) is 20.6 Å². The van der Waals surface area contributed by atoms with Gasteiger partial charge in [0.2, 0.25) is 5.82 Å². The van der Waals surface area contributed by atoms with Gasteiger partial charge in [0.25, 0.3) is 5.91 Å². The highest BCUT2D eigenvalue weighted by Crippen LogP contribution is 2.24. The Hall–Kier alpha value is -2.73. The van der Waals surface area contributed by atoms with Gasteiger partial charge in [-0.05, 0) is 35.5 Å². The topological polar surface area (TPSA) is 83.6 Å². The molecule has 0 saturated heterocycles. The Labute approximate surface area is 125 Å². The van der Waals surface area contributed by atoms with Crippen LogP contribution in [0.3, 0.4) is 0 Å². The van der Waals surface area contributed by atoms with Crippen molar-refractivity contribution in [2.24, 2.45) is 0 Å². The van der Waals surface area contributed by atoms with Crippen molar-refractivity contribution < 1.29 is 4.79 Å². The van der Waals surface area contributed by atoms with Crippen molar-refractivity contribution >= 4 is 23.2 Å². The number of halogens is 1. The number of nitrogens with zero attached hydrogens (tertiary/aromatic N) is 3. The Morgan fingerprint density at radius 1 is 1.14 bits per heavy atom. The van der Waals surface area contributed by atoms with Crippen LogP contribution in [0.25, 0.3) is 11.4 Å². The van der Waals surface area contributed by atoms with Crippen molar-refractivity contribution in [1.29, 1.82) is 0 Å². The van der Waals surface area contributed by atoms with Crippen LogP contribution in [0.2, 0.25) is 5.02 Å². The molecule has 0 aliphatic rings. The second kappa shape index (κ2) is 5.72. The summed E-state index contributed by atoms with van der Waals surface area (Å²) in [5.41, 5.74) is 1.80. The molecule has 0 aliphatic heterocycles. The molecule has 0 aliphatic carbocycles. The van der Waals surface area contributed by atoms with Gasteiger partial charge in [0.15, 0.2) is 0 Å². The van der Waals surface area contributed by atoms with Crippen molar-refractivity contribution in [2.45, 2.75) is 0 Å². The van der Waals surface area contributed by atoms with Crippen molar-refractivity contribution in [3.05, 3.63) is 59.1 Å². The number of rotatable bonds is 3. The Morgan fingerprint density at radius 2 is 1.95 bits per heavy atom. The van der Waals surface area contributed by atoms with Gasteiger partial charge in [-0.2, -0.15) is 5.21 Å². The number of carbonyl (C=O) groups excluding carboxylic acids is 1. The van der Waals surface area contributed by atoms with Gasteiger partial charge in [-0.3, -0.25) is 4.79 Å². The monoisotopic (exact) mass is 299 g/mol. The van der Waals surface area contributed by atoms with E-state index in [1.807, 2.05) is 6.07 Å². The fraction of sp³-hybridized carbons (Fsp3) is 0. The summed E-state index contributed by atoms with van der Waals surface area (Å²) >= 11 is 6.06. The number of nitrogens with one attached hydrogen (secondary N) is 2. The van der Waals surface area contributed by atoms with Gasteiger partial charge in [0, 0.05) is 21.8 Å². The number of aromatic nitrogens is 4. The Bertz CT molecular complexity index is 758. The molecular weight excluding hydrogens is 290 g/mol. The van der Waals surface area contributed by atoms with E-state index in [2.05, 4.69) is 25.9 Å². The number of benzene rings is 2. The highest BCUT2D eigenvalue weighted by Gasteiger charge is 2.09. The quantitative estimate of drug-likeness (QED) is 0.779. The number of hydrogen-bond donors (Lipinski definition) is 2. The van der Waals surface area contributed by atoms with Gasteiger partial charge in [0.05, 0.1) is 0 Å². The highest BCUT2D eigenvalue weighted by atomic mass is 35.5. The molecule has 2 aromatic carbocycles. The van der Waals surface area contributed by atoms with Gasteiger partial charge in [-0.15, -0.1) is 10.2 Å². The standard InChI is InChI=1S/C14H10ClN5O/c15-11-6-10(13-17-19-20-18-13)7-12(8-11)16-14(21)9-4-2-1-3-5-9/h1-8H,(H,16,21)(H,17,18,19,20). The average Bonchev–Trinajstić information content (AvgIpc) is 3.02. The minimum Gasteiger partial charge on any atom is -0.322 e. The second-order valence-electron chi connectivity index (χ2n) is 4.28. The zero-order valence-electron chi connectivity index (χ0n) is 10.7. The fourth-order valence-corrected chi connectivity index (χ4v) is 2.10. The van der Waals surface area contributed by atoms with Crippen LogP contribution in [0.4, 0.5) is 5.69 Å². The number of amides is 1. The third-order valence-electron chi connectivity index (χ3n) is 2.80. The lowest BCUT2D eigenvalue weighted by molar-refractivity contribution is 0.102. The lowest BCUT2D eigenvalue weighted by Gasteiger charge is -2.07. The maximum Gasteiger partial charge on any atom is 0.255 e. The first-order valence-corrected chi connectivity index (χ1v) is 6.51. The molecule has 104 valence electrons. The number of anilines is 1. The molecule has 0 unspecified atom stereocenters. The molecule has 7 heteroatoms. The molecule has 0 saturated carbocycles. The van der Waals surface area contributed by atoms with Crippen molar-refractivity contribution in [3.8, 4) is 11.4 Å². The third kappa shape index (κ3) is 3.06. The predicted octanol–water partition coefficient (Wildman–Crippen LogP) is 2.77. The summed E-state index contributed by atoms with van der Waals surface area (Å²) in [5, 5.41) is 16.9. The van der Waals surface area contributed by atoms with E-state index in [1.54, 1.807) is 42.5 Å². The maximum atomic E-state index is 12.1. The number of aromatic amines is 1. The van der Waals surface area contributed by atoms with Crippen LogP contribution in [0.15, 0.2) is 48.5 Å². The second-order valence-corrected chi connectivity index (χ2v) is 4.72. The first-order chi connectivity index (χ1) is 10.2. The van der Waals surface area contributed by atoms with Crippen molar-refractivity contribution in [2.75, 3.05) is 5.32 Å². The van der Waals surface area contributed by atoms with E-state index < -0.39 is 0 Å². The van der Waals surface area contributed by atoms with Crippen molar-refractivity contribution in [3.63, 3.8) is 0 Å². The summed E-state index contributed by atoms with van der Waals surface area (Å²) in [5.74, 6) is 0.199. The predicted molar refractivity (Wildman–Crippen MR) is 79.0 cm³/mol. The molecule has 21 heavy (non-hydrogen) atoms. The van der Waals surface area contributed by atoms with Crippen LogP contribution in [-0.2, 0) is 0 Å². The largest absolute Gasteiger partial charge is 0.322 e. The summed E-state index contributed by atoms with van der Waals surface area (Å²) in [7, 11) is 0. The van der Waals surface area contributed by atoms with E-state index in [0.717, 1.165) is 0 Å². The zero-order valence-corrected chi connectivity index (χ0v) is 11.5. The SMILES string of the molecule is O=C(Nc1cc(Cl)cc(-c2nn[nH]n2)c1)c1ccccc1. The number of tetrazole rings is 1. The zero-order chi connectivity index (χ0) is 14.7. The Kier molecular flexibility index (Phi) is 3.61. The Morgan fingerprint density at radius 3 is 2.67 bits per heavy atom. The van der Waals surface area contributed by atoms with E-state index in [4.69, 9.17) is 11.6 Å². The normalized spacial score (nSPS) is 10.3.